The molecule has 0 aromatic heterocycles. The maximum absolute atomic E-state index is 12.8. The lowest BCUT2D eigenvalue weighted by molar-refractivity contribution is -0.209. The third-order valence-electron chi connectivity index (χ3n) is 4.84. The molecular formula is C19H19Cl2NO2. The Labute approximate surface area is 151 Å². The maximum atomic E-state index is 12.8. The van der Waals surface area contributed by atoms with E-state index in [1.807, 2.05) is 38.1 Å². The lowest BCUT2D eigenvalue weighted by Gasteiger charge is -2.44. The van der Waals surface area contributed by atoms with Crippen LogP contribution in [0.4, 0.5) is 0 Å². The molecule has 0 radical (unpaired) electrons. The number of rotatable bonds is 2. The minimum atomic E-state index is -0.411. The number of hydroxylamine groups is 2. The molecule has 1 N–H and O–H groups in total. The standard InChI is InChI=1S/C19H19Cl2NO2/c1-11-17(13-3-7-15(20)8-4-13)22(24)18(12(2)19(11)23)14-5-9-16(21)10-6-14/h3-12,17-18,24H,1-2H3. The van der Waals surface area contributed by atoms with Crippen molar-refractivity contribution in [1.29, 1.82) is 0 Å². The van der Waals surface area contributed by atoms with E-state index < -0.39 is 12.1 Å². The summed E-state index contributed by atoms with van der Waals surface area (Å²) in [6.45, 7) is 3.72. The molecule has 0 amide bonds. The Morgan fingerprint density at radius 2 is 1.12 bits per heavy atom. The van der Waals surface area contributed by atoms with E-state index in [4.69, 9.17) is 23.2 Å². The number of hydrogen-bond donors (Lipinski definition) is 1. The molecule has 24 heavy (non-hydrogen) atoms. The fourth-order valence-electron chi connectivity index (χ4n) is 3.56. The Bertz CT molecular complexity index is 669. The first-order valence-corrected chi connectivity index (χ1v) is 8.67. The quantitative estimate of drug-likeness (QED) is 0.784. The van der Waals surface area contributed by atoms with Crippen molar-refractivity contribution in [3.05, 3.63) is 69.7 Å². The summed E-state index contributed by atoms with van der Waals surface area (Å²) in [6.07, 6.45) is 0. The van der Waals surface area contributed by atoms with Crippen LogP contribution in [0.25, 0.3) is 0 Å². The van der Waals surface area contributed by atoms with Gasteiger partial charge in [0, 0.05) is 21.9 Å². The van der Waals surface area contributed by atoms with Crippen molar-refractivity contribution in [2.75, 3.05) is 0 Å². The van der Waals surface area contributed by atoms with Crippen LogP contribution < -0.4 is 0 Å². The largest absolute Gasteiger partial charge is 0.313 e. The van der Waals surface area contributed by atoms with Crippen LogP contribution in [-0.2, 0) is 4.79 Å². The van der Waals surface area contributed by atoms with Gasteiger partial charge < -0.3 is 5.21 Å². The predicted octanol–water partition coefficient (Wildman–Crippen LogP) is 5.32. The highest BCUT2D eigenvalue weighted by Crippen LogP contribution is 2.44. The number of benzene rings is 2. The first kappa shape index (κ1) is 17.4. The molecular weight excluding hydrogens is 345 g/mol. The van der Waals surface area contributed by atoms with Gasteiger partial charge in [-0.3, -0.25) is 4.79 Å². The highest BCUT2D eigenvalue weighted by Gasteiger charge is 2.45. The molecule has 1 aliphatic rings. The molecule has 2 aromatic carbocycles. The van der Waals surface area contributed by atoms with Crippen LogP contribution in [0.3, 0.4) is 0 Å². The second-order valence-corrected chi connectivity index (χ2v) is 7.23. The Hall–Kier alpha value is -1.39. The minimum absolute atomic E-state index is 0.139. The summed E-state index contributed by atoms with van der Waals surface area (Å²) >= 11 is 11.9. The maximum Gasteiger partial charge on any atom is 0.142 e. The van der Waals surface area contributed by atoms with Gasteiger partial charge in [0.05, 0.1) is 12.1 Å². The van der Waals surface area contributed by atoms with E-state index in [2.05, 4.69) is 0 Å². The third kappa shape index (κ3) is 3.09. The zero-order chi connectivity index (χ0) is 17.4. The number of piperidine rings is 1. The molecule has 5 heteroatoms. The van der Waals surface area contributed by atoms with Gasteiger partial charge in [-0.2, -0.15) is 5.06 Å². The molecule has 0 aliphatic carbocycles. The van der Waals surface area contributed by atoms with E-state index >= 15 is 0 Å². The molecule has 1 heterocycles. The van der Waals surface area contributed by atoms with E-state index in [-0.39, 0.29) is 17.6 Å². The number of ketones is 1. The summed E-state index contributed by atoms with van der Waals surface area (Å²) in [4.78, 5) is 12.8. The Morgan fingerprint density at radius 3 is 1.46 bits per heavy atom. The van der Waals surface area contributed by atoms with Gasteiger partial charge in [-0.1, -0.05) is 61.3 Å². The van der Waals surface area contributed by atoms with E-state index in [9.17, 15) is 10.0 Å². The Balaban J connectivity index is 2.02. The van der Waals surface area contributed by atoms with E-state index in [1.54, 1.807) is 24.3 Å². The molecule has 0 bridgehead atoms. The second kappa shape index (κ2) is 6.85. The molecule has 1 fully saturated rings. The molecule has 3 nitrogen and oxygen atoms in total. The number of halogens is 2. The zero-order valence-electron chi connectivity index (χ0n) is 13.5. The monoisotopic (exact) mass is 363 g/mol. The average Bonchev–Trinajstić information content (AvgIpc) is 2.56. The highest BCUT2D eigenvalue weighted by atomic mass is 35.5. The topological polar surface area (TPSA) is 40.5 Å². The van der Waals surface area contributed by atoms with E-state index in [0.29, 0.717) is 10.0 Å². The van der Waals surface area contributed by atoms with Crippen LogP contribution in [-0.4, -0.2) is 16.1 Å². The van der Waals surface area contributed by atoms with Crippen LogP contribution in [0.1, 0.15) is 37.1 Å². The molecule has 4 atom stereocenters. The molecule has 126 valence electrons. The van der Waals surface area contributed by atoms with Gasteiger partial charge in [0.15, 0.2) is 0 Å². The predicted molar refractivity (Wildman–Crippen MR) is 95.3 cm³/mol. The molecule has 0 spiro atoms. The van der Waals surface area contributed by atoms with Crippen molar-refractivity contribution in [3.8, 4) is 0 Å². The lowest BCUT2D eigenvalue weighted by Crippen LogP contribution is -2.47. The van der Waals surface area contributed by atoms with Gasteiger partial charge >= 0.3 is 0 Å². The average molecular weight is 364 g/mol. The number of Topliss-reactive ketones (excluding diaryl/α,β-unsaturated/α-hetero) is 1. The Morgan fingerprint density at radius 1 is 0.792 bits per heavy atom. The van der Waals surface area contributed by atoms with Crippen molar-refractivity contribution in [2.24, 2.45) is 11.8 Å². The van der Waals surface area contributed by atoms with Crippen LogP contribution in [0.2, 0.25) is 10.0 Å². The van der Waals surface area contributed by atoms with Crippen LogP contribution >= 0.6 is 23.2 Å². The summed E-state index contributed by atoms with van der Waals surface area (Å²) in [5.74, 6) is -0.482. The van der Waals surface area contributed by atoms with Crippen LogP contribution in [0.15, 0.2) is 48.5 Å². The van der Waals surface area contributed by atoms with Crippen molar-refractivity contribution in [2.45, 2.75) is 25.9 Å². The molecule has 1 aliphatic heterocycles. The lowest BCUT2D eigenvalue weighted by atomic mass is 9.76. The Kier molecular flexibility index (Phi) is 4.97. The van der Waals surface area contributed by atoms with E-state index in [0.717, 1.165) is 11.1 Å². The zero-order valence-corrected chi connectivity index (χ0v) is 15.0. The smallest absolute Gasteiger partial charge is 0.142 e. The summed E-state index contributed by atoms with van der Waals surface area (Å²) in [7, 11) is 0. The molecule has 0 saturated carbocycles. The molecule has 1 saturated heterocycles. The summed E-state index contributed by atoms with van der Waals surface area (Å²) < 4.78 is 0. The number of carbonyl (C=O) groups excluding carboxylic acids is 1. The fourth-order valence-corrected chi connectivity index (χ4v) is 3.81. The summed E-state index contributed by atoms with van der Waals surface area (Å²) in [6, 6.07) is 13.7. The minimum Gasteiger partial charge on any atom is -0.313 e. The SMILES string of the molecule is CC1C(=O)C(C)C(c2ccc(Cl)cc2)N(O)C1c1ccc(Cl)cc1. The van der Waals surface area contributed by atoms with Crippen LogP contribution in [0.5, 0.6) is 0 Å². The first-order chi connectivity index (χ1) is 11.4. The van der Waals surface area contributed by atoms with Gasteiger partial charge in [-0.15, -0.1) is 0 Å². The van der Waals surface area contributed by atoms with E-state index in [1.165, 1.54) is 5.06 Å². The van der Waals surface area contributed by atoms with Crippen molar-refractivity contribution >= 4 is 29.0 Å². The highest BCUT2D eigenvalue weighted by molar-refractivity contribution is 6.30. The van der Waals surface area contributed by atoms with Crippen molar-refractivity contribution < 1.29 is 10.0 Å². The first-order valence-electron chi connectivity index (χ1n) is 7.92. The third-order valence-corrected chi connectivity index (χ3v) is 5.34. The summed E-state index contributed by atoms with van der Waals surface area (Å²) in [5.41, 5.74) is 1.74. The molecule has 2 aromatic rings. The fraction of sp³-hybridized carbons (Fsp3) is 0.316. The van der Waals surface area contributed by atoms with Crippen molar-refractivity contribution in [3.63, 3.8) is 0 Å². The van der Waals surface area contributed by atoms with Gasteiger partial charge in [-0.25, -0.2) is 0 Å². The normalized spacial score (nSPS) is 28.1. The second-order valence-electron chi connectivity index (χ2n) is 6.35. The van der Waals surface area contributed by atoms with Crippen LogP contribution in [0, 0.1) is 11.8 Å². The van der Waals surface area contributed by atoms with Gasteiger partial charge in [-0.05, 0) is 35.4 Å². The van der Waals surface area contributed by atoms with Gasteiger partial charge in [0.25, 0.3) is 0 Å². The number of hydrogen-bond acceptors (Lipinski definition) is 3. The number of nitrogens with zero attached hydrogens (tertiary/aromatic N) is 1. The van der Waals surface area contributed by atoms with Gasteiger partial charge in [0.2, 0.25) is 0 Å². The molecule has 4 unspecified atom stereocenters. The number of carbonyl (C=O) groups is 1. The van der Waals surface area contributed by atoms with Gasteiger partial charge in [0.1, 0.15) is 5.78 Å². The summed E-state index contributed by atoms with van der Waals surface area (Å²) in [5, 5.41) is 13.5. The molecule has 3 rings (SSSR count). The van der Waals surface area contributed by atoms with Crippen molar-refractivity contribution in [1.82, 2.24) is 5.06 Å².